The summed E-state index contributed by atoms with van der Waals surface area (Å²) in [4.78, 5) is 45.9. The van der Waals surface area contributed by atoms with Crippen LogP contribution in [0.15, 0.2) is 36.4 Å². The summed E-state index contributed by atoms with van der Waals surface area (Å²) in [6.07, 6.45) is 1.43. The molecule has 0 aliphatic carbocycles. The summed E-state index contributed by atoms with van der Waals surface area (Å²) in [6, 6.07) is 10.6. The first-order valence-electron chi connectivity index (χ1n) is 14.6. The number of halogens is 3. The lowest BCUT2D eigenvalue weighted by molar-refractivity contribution is -0.130. The van der Waals surface area contributed by atoms with E-state index in [0.717, 1.165) is 31.6 Å². The number of piperidine rings is 1. The molecule has 3 heterocycles. The van der Waals surface area contributed by atoms with Crippen LogP contribution in [0.2, 0.25) is 15.1 Å². The molecule has 0 bridgehead atoms. The summed E-state index contributed by atoms with van der Waals surface area (Å²) in [5, 5.41) is 1.50. The molecule has 3 fully saturated rings. The molecule has 3 amide bonds. The van der Waals surface area contributed by atoms with E-state index in [4.69, 9.17) is 39.5 Å². The van der Waals surface area contributed by atoms with Crippen LogP contribution >= 0.6 is 34.8 Å². The van der Waals surface area contributed by atoms with E-state index in [9.17, 15) is 14.4 Å². The van der Waals surface area contributed by atoms with E-state index < -0.39 is 0 Å². The number of hydrogen-bond acceptors (Lipinski definition) is 5. The van der Waals surface area contributed by atoms with Gasteiger partial charge in [0.25, 0.3) is 5.91 Å². The van der Waals surface area contributed by atoms with Crippen molar-refractivity contribution in [2.75, 3.05) is 57.3 Å². The van der Waals surface area contributed by atoms with Crippen LogP contribution in [0.4, 0.5) is 10.5 Å². The average molecular weight is 636 g/mol. The Bertz CT molecular complexity index is 1320. The van der Waals surface area contributed by atoms with Crippen molar-refractivity contribution in [1.29, 1.82) is 0 Å². The minimum atomic E-state index is -0.385. The summed E-state index contributed by atoms with van der Waals surface area (Å²) >= 11 is 18.7. The van der Waals surface area contributed by atoms with Gasteiger partial charge in [-0.25, -0.2) is 4.79 Å². The largest absolute Gasteiger partial charge is 0.446 e. The standard InChI is InChI=1S/C31H37Cl3N4O4/c1-20-4-6-25(15-28(20)33)38(31(41)42-26-8-12-36(13-9-26)21(2)39)11-3-10-35-16-22-18-37(19-23(22)17-35)30(40)27-7-5-24(32)14-29(27)34/h4-7,14-15,22-23,26H,3,8-13,16-19H2,1-2H3. The molecule has 2 aromatic rings. The van der Waals surface area contributed by atoms with E-state index >= 15 is 0 Å². The van der Waals surface area contributed by atoms with Crippen LogP contribution in [0.3, 0.4) is 0 Å². The van der Waals surface area contributed by atoms with Crippen molar-refractivity contribution in [1.82, 2.24) is 14.7 Å². The molecule has 226 valence electrons. The Morgan fingerprint density at radius 1 is 0.905 bits per heavy atom. The second-order valence-electron chi connectivity index (χ2n) is 11.6. The molecule has 3 saturated heterocycles. The lowest BCUT2D eigenvalue weighted by atomic mass is 10.0. The number of rotatable bonds is 7. The molecule has 0 saturated carbocycles. The van der Waals surface area contributed by atoms with Gasteiger partial charge in [-0.05, 0) is 67.6 Å². The quantitative estimate of drug-likeness (QED) is 0.373. The molecule has 8 nitrogen and oxygen atoms in total. The number of carbonyl (C=O) groups is 3. The summed E-state index contributed by atoms with van der Waals surface area (Å²) in [5.41, 5.74) is 2.15. The first-order chi connectivity index (χ1) is 20.1. The monoisotopic (exact) mass is 634 g/mol. The number of carbonyl (C=O) groups excluding carboxylic acids is 3. The average Bonchev–Trinajstić information content (AvgIpc) is 3.52. The molecule has 3 aliphatic rings. The predicted octanol–water partition coefficient (Wildman–Crippen LogP) is 6.00. The molecule has 3 aliphatic heterocycles. The molecule has 11 heteroatoms. The third kappa shape index (κ3) is 7.16. The molecule has 0 spiro atoms. The van der Waals surface area contributed by atoms with E-state index in [1.807, 2.05) is 30.0 Å². The fourth-order valence-electron chi connectivity index (χ4n) is 6.29. The van der Waals surface area contributed by atoms with Gasteiger partial charge in [-0.15, -0.1) is 0 Å². The number of fused-ring (bicyclic) bond motifs is 1. The molecule has 5 rings (SSSR count). The fourth-order valence-corrected chi connectivity index (χ4v) is 6.96. The highest BCUT2D eigenvalue weighted by Gasteiger charge is 2.41. The zero-order chi connectivity index (χ0) is 30.0. The van der Waals surface area contributed by atoms with Gasteiger partial charge in [0.05, 0.1) is 10.6 Å². The van der Waals surface area contributed by atoms with Gasteiger partial charge in [-0.3, -0.25) is 14.5 Å². The van der Waals surface area contributed by atoms with Gasteiger partial charge in [-0.2, -0.15) is 0 Å². The highest BCUT2D eigenvalue weighted by atomic mass is 35.5. The predicted molar refractivity (Wildman–Crippen MR) is 166 cm³/mol. The van der Waals surface area contributed by atoms with Crippen molar-refractivity contribution in [3.05, 3.63) is 62.6 Å². The summed E-state index contributed by atoms with van der Waals surface area (Å²) in [6.45, 7) is 9.27. The molecule has 42 heavy (non-hydrogen) atoms. The van der Waals surface area contributed by atoms with Gasteiger partial charge in [0.15, 0.2) is 0 Å². The lowest BCUT2D eigenvalue weighted by Crippen LogP contribution is -2.43. The zero-order valence-electron chi connectivity index (χ0n) is 24.0. The summed E-state index contributed by atoms with van der Waals surface area (Å²) in [7, 11) is 0. The van der Waals surface area contributed by atoms with Crippen LogP contribution in [-0.4, -0.2) is 91.1 Å². The van der Waals surface area contributed by atoms with Gasteiger partial charge in [0, 0.05) is 81.3 Å². The Morgan fingerprint density at radius 3 is 2.21 bits per heavy atom. The van der Waals surface area contributed by atoms with E-state index in [1.54, 1.807) is 34.9 Å². The van der Waals surface area contributed by atoms with Crippen LogP contribution in [0.5, 0.6) is 0 Å². The molecular weight excluding hydrogens is 599 g/mol. The Labute approximate surface area is 262 Å². The van der Waals surface area contributed by atoms with E-state index in [1.165, 1.54) is 0 Å². The Morgan fingerprint density at radius 2 is 1.60 bits per heavy atom. The fraction of sp³-hybridized carbons (Fsp3) is 0.516. The third-order valence-corrected chi connectivity index (χ3v) is 9.66. The Balaban J connectivity index is 1.14. The molecule has 0 aromatic heterocycles. The smallest absolute Gasteiger partial charge is 0.414 e. The van der Waals surface area contributed by atoms with Crippen molar-refractivity contribution >= 4 is 58.4 Å². The van der Waals surface area contributed by atoms with Crippen molar-refractivity contribution < 1.29 is 19.1 Å². The number of likely N-dealkylation sites (tertiary alicyclic amines) is 3. The van der Waals surface area contributed by atoms with Crippen molar-refractivity contribution in [2.24, 2.45) is 11.8 Å². The van der Waals surface area contributed by atoms with Crippen molar-refractivity contribution in [3.63, 3.8) is 0 Å². The number of nitrogens with zero attached hydrogens (tertiary/aromatic N) is 4. The van der Waals surface area contributed by atoms with E-state index in [0.29, 0.717) is 83.7 Å². The number of amides is 3. The van der Waals surface area contributed by atoms with Gasteiger partial charge < -0.3 is 19.4 Å². The van der Waals surface area contributed by atoms with E-state index in [-0.39, 0.29) is 24.0 Å². The maximum atomic E-state index is 13.4. The second-order valence-corrected chi connectivity index (χ2v) is 12.9. The first kappa shape index (κ1) is 30.9. The highest BCUT2D eigenvalue weighted by Crippen LogP contribution is 2.33. The van der Waals surface area contributed by atoms with Gasteiger partial charge >= 0.3 is 6.09 Å². The van der Waals surface area contributed by atoms with Crippen LogP contribution in [0.25, 0.3) is 0 Å². The molecule has 2 aromatic carbocycles. The normalized spacial score (nSPS) is 21.0. The highest BCUT2D eigenvalue weighted by molar-refractivity contribution is 6.36. The second kappa shape index (κ2) is 13.4. The Kier molecular flexibility index (Phi) is 9.88. The SMILES string of the molecule is CC(=O)N1CCC(OC(=O)N(CCCN2CC3CN(C(=O)c4ccc(Cl)cc4Cl)CC3C2)c2ccc(C)c(Cl)c2)CC1. The zero-order valence-corrected chi connectivity index (χ0v) is 26.3. The molecule has 2 atom stereocenters. The van der Waals surface area contributed by atoms with Crippen LogP contribution < -0.4 is 4.90 Å². The number of anilines is 1. The van der Waals surface area contributed by atoms with Gasteiger partial charge in [-0.1, -0.05) is 40.9 Å². The van der Waals surface area contributed by atoms with Crippen molar-refractivity contribution in [2.45, 2.75) is 39.2 Å². The first-order valence-corrected chi connectivity index (χ1v) is 15.7. The molecule has 0 N–H and O–H groups in total. The minimum Gasteiger partial charge on any atom is -0.446 e. The molecule has 2 unspecified atom stereocenters. The number of hydrogen-bond donors (Lipinski definition) is 0. The van der Waals surface area contributed by atoms with E-state index in [2.05, 4.69) is 4.90 Å². The number of benzene rings is 2. The van der Waals surface area contributed by atoms with Gasteiger partial charge in [0.1, 0.15) is 6.10 Å². The molecular formula is C31H37Cl3N4O4. The maximum absolute atomic E-state index is 13.4. The maximum Gasteiger partial charge on any atom is 0.414 e. The number of aryl methyl sites for hydroxylation is 1. The lowest BCUT2D eigenvalue weighted by Gasteiger charge is -2.32. The van der Waals surface area contributed by atoms with Crippen LogP contribution in [0, 0.1) is 18.8 Å². The van der Waals surface area contributed by atoms with Crippen LogP contribution in [-0.2, 0) is 9.53 Å². The summed E-state index contributed by atoms with van der Waals surface area (Å²) in [5.74, 6) is 0.832. The summed E-state index contributed by atoms with van der Waals surface area (Å²) < 4.78 is 5.91. The topological polar surface area (TPSA) is 73.4 Å². The van der Waals surface area contributed by atoms with Gasteiger partial charge in [0.2, 0.25) is 5.91 Å². The third-order valence-electron chi connectivity index (χ3n) is 8.71. The van der Waals surface area contributed by atoms with Crippen molar-refractivity contribution in [3.8, 4) is 0 Å². The Hall–Kier alpha value is -2.52. The minimum absolute atomic E-state index is 0.0458. The van der Waals surface area contributed by atoms with Crippen LogP contribution in [0.1, 0.15) is 42.1 Å². The number of ether oxygens (including phenoxy) is 1. The molecule has 0 radical (unpaired) electrons.